The number of aryl methyl sites for hydroxylation is 2. The summed E-state index contributed by atoms with van der Waals surface area (Å²) in [5.41, 5.74) is 8.14. The van der Waals surface area contributed by atoms with E-state index in [0.29, 0.717) is 29.6 Å². The first-order valence-corrected chi connectivity index (χ1v) is 13.5. The summed E-state index contributed by atoms with van der Waals surface area (Å²) in [6.07, 6.45) is 5.75. The number of pyridine rings is 1. The number of hydrazone groups is 1. The highest BCUT2D eigenvalue weighted by Gasteiger charge is 2.37. The van der Waals surface area contributed by atoms with Crippen molar-refractivity contribution < 1.29 is 19.0 Å². The Hall–Kier alpha value is -3.98. The lowest BCUT2D eigenvalue weighted by Gasteiger charge is -2.36. The first-order chi connectivity index (χ1) is 18.9. The van der Waals surface area contributed by atoms with Crippen molar-refractivity contribution in [3.05, 3.63) is 83.2 Å². The van der Waals surface area contributed by atoms with Crippen molar-refractivity contribution in [2.75, 3.05) is 18.5 Å². The van der Waals surface area contributed by atoms with Gasteiger partial charge in [0, 0.05) is 35.6 Å². The Morgan fingerprint density at radius 2 is 1.90 bits per heavy atom. The Morgan fingerprint density at radius 3 is 2.56 bits per heavy atom. The highest BCUT2D eigenvalue weighted by Crippen LogP contribution is 2.40. The van der Waals surface area contributed by atoms with Crippen LogP contribution in [0.1, 0.15) is 56.4 Å². The second-order valence-corrected chi connectivity index (χ2v) is 9.69. The third-order valence-electron chi connectivity index (χ3n) is 6.57. The van der Waals surface area contributed by atoms with Gasteiger partial charge in [-0.15, -0.1) is 0 Å². The monoisotopic (exact) mass is 546 g/mol. The molecule has 2 N–H and O–H groups in total. The Morgan fingerprint density at radius 1 is 1.13 bits per heavy atom. The van der Waals surface area contributed by atoms with Gasteiger partial charge in [-0.05, 0) is 74.3 Å². The lowest BCUT2D eigenvalue weighted by molar-refractivity contribution is -0.145. The molecule has 39 heavy (non-hydrogen) atoms. The largest absolute Gasteiger partial charge is 0.482 e. The summed E-state index contributed by atoms with van der Waals surface area (Å²) in [4.78, 5) is 16.1. The third kappa shape index (κ3) is 6.72. The maximum Gasteiger partial charge on any atom is 0.344 e. The molecule has 1 aliphatic heterocycles. The minimum Gasteiger partial charge on any atom is -0.482 e. The number of benzene rings is 2. The molecule has 0 bridgehead atoms. The van der Waals surface area contributed by atoms with Gasteiger partial charge in [0.2, 0.25) is 0 Å². The van der Waals surface area contributed by atoms with Crippen LogP contribution in [0.3, 0.4) is 0 Å². The minimum absolute atomic E-state index is 0.184. The summed E-state index contributed by atoms with van der Waals surface area (Å²) >= 11 is 5.64. The second kappa shape index (κ2) is 12.7. The van der Waals surface area contributed by atoms with Gasteiger partial charge in [0.1, 0.15) is 17.1 Å². The second-order valence-electron chi connectivity index (χ2n) is 9.29. The number of aromatic nitrogens is 1. The van der Waals surface area contributed by atoms with E-state index in [1.54, 1.807) is 25.4 Å². The van der Waals surface area contributed by atoms with Crippen molar-refractivity contribution in [3.63, 3.8) is 0 Å². The quantitative estimate of drug-likeness (QED) is 0.205. The van der Waals surface area contributed by atoms with Crippen LogP contribution in [-0.2, 0) is 28.0 Å². The summed E-state index contributed by atoms with van der Waals surface area (Å²) in [7, 11) is 0. The lowest BCUT2D eigenvalue weighted by Crippen LogP contribution is -2.38. The van der Waals surface area contributed by atoms with E-state index in [2.05, 4.69) is 47.8 Å². The Kier molecular flexibility index (Phi) is 9.14. The number of nitrogens with one attached hydrogen (secondary N) is 2. The molecule has 1 aromatic heterocycles. The molecule has 0 amide bonds. The number of hydrogen-bond acceptors (Lipinski definition) is 7. The van der Waals surface area contributed by atoms with E-state index in [9.17, 15) is 4.79 Å². The Balaban J connectivity index is 1.63. The molecule has 3 aromatic rings. The van der Waals surface area contributed by atoms with E-state index in [-0.39, 0.29) is 6.61 Å². The average Bonchev–Trinajstić information content (AvgIpc) is 2.95. The summed E-state index contributed by atoms with van der Waals surface area (Å²) in [5.74, 6) is 0.717. The van der Waals surface area contributed by atoms with Gasteiger partial charge in [0.25, 0.3) is 0 Å². The number of carbonyl (C=O) groups is 1. The van der Waals surface area contributed by atoms with Crippen molar-refractivity contribution in [3.8, 4) is 11.5 Å². The number of carbonyl (C=O) groups excluding carboxylic acids is 1. The van der Waals surface area contributed by atoms with E-state index in [4.69, 9.17) is 31.5 Å². The van der Waals surface area contributed by atoms with Gasteiger partial charge >= 0.3 is 5.97 Å². The van der Waals surface area contributed by atoms with Crippen LogP contribution >= 0.6 is 12.2 Å². The number of thiocarbonyl (C=S) groups is 1. The molecule has 204 valence electrons. The molecule has 0 saturated carbocycles. The zero-order chi connectivity index (χ0) is 27.8. The molecule has 0 saturated heterocycles. The lowest BCUT2D eigenvalue weighted by atomic mass is 9.86. The number of esters is 1. The number of anilines is 1. The van der Waals surface area contributed by atoms with Crippen molar-refractivity contribution in [2.45, 2.75) is 52.6 Å². The summed E-state index contributed by atoms with van der Waals surface area (Å²) in [5, 5.41) is 8.48. The number of ether oxygens (including phenoxy) is 3. The predicted molar refractivity (Wildman–Crippen MR) is 156 cm³/mol. The van der Waals surface area contributed by atoms with E-state index in [1.165, 1.54) is 11.1 Å². The summed E-state index contributed by atoms with van der Waals surface area (Å²) < 4.78 is 17.1. The first kappa shape index (κ1) is 28.0. The fourth-order valence-electron chi connectivity index (χ4n) is 4.55. The van der Waals surface area contributed by atoms with Crippen LogP contribution in [-0.4, -0.2) is 35.0 Å². The van der Waals surface area contributed by atoms with Gasteiger partial charge in [0.05, 0.1) is 12.3 Å². The standard InChI is InChI=1S/C30H34N4O4S/c1-5-20-10-8-11-21(6-2)28(20)32-29(39)34-33-25-17-30(4,22-12-9-15-31-18-22)38-26-14-13-23(16-24(25)26)37-19-27(35)36-7-3/h8-16,18H,5-7,17,19H2,1-4H3,(H2,32,34,39)/b33-25+. The summed E-state index contributed by atoms with van der Waals surface area (Å²) in [6.45, 7) is 8.12. The maximum absolute atomic E-state index is 11.8. The molecule has 1 unspecified atom stereocenters. The number of rotatable bonds is 9. The van der Waals surface area contributed by atoms with E-state index >= 15 is 0 Å². The molecule has 4 rings (SSSR count). The molecule has 8 nitrogen and oxygen atoms in total. The van der Waals surface area contributed by atoms with Gasteiger partial charge in [-0.2, -0.15) is 5.10 Å². The van der Waals surface area contributed by atoms with Crippen molar-refractivity contribution in [1.29, 1.82) is 0 Å². The van der Waals surface area contributed by atoms with Crippen LogP contribution in [0.5, 0.6) is 11.5 Å². The molecule has 2 aromatic carbocycles. The SMILES string of the molecule is CCOC(=O)COc1ccc2c(c1)/C(=N/NC(=S)Nc1c(CC)cccc1CC)CC(C)(c1cccnc1)O2. The number of fused-ring (bicyclic) bond motifs is 1. The van der Waals surface area contributed by atoms with Gasteiger partial charge < -0.3 is 19.5 Å². The van der Waals surface area contributed by atoms with Crippen molar-refractivity contribution in [2.24, 2.45) is 5.10 Å². The molecule has 9 heteroatoms. The first-order valence-electron chi connectivity index (χ1n) is 13.1. The minimum atomic E-state index is -0.700. The van der Waals surface area contributed by atoms with Crippen molar-refractivity contribution in [1.82, 2.24) is 10.4 Å². The van der Waals surface area contributed by atoms with E-state index < -0.39 is 11.6 Å². The van der Waals surface area contributed by atoms with Crippen LogP contribution in [0.4, 0.5) is 5.69 Å². The molecule has 0 fully saturated rings. The summed E-state index contributed by atoms with van der Waals surface area (Å²) in [6, 6.07) is 15.5. The fourth-order valence-corrected chi connectivity index (χ4v) is 4.70. The third-order valence-corrected chi connectivity index (χ3v) is 6.76. The zero-order valence-corrected chi connectivity index (χ0v) is 23.6. The smallest absolute Gasteiger partial charge is 0.344 e. The number of nitrogens with zero attached hydrogens (tertiary/aromatic N) is 2. The highest BCUT2D eigenvalue weighted by molar-refractivity contribution is 7.80. The van der Waals surface area contributed by atoms with Gasteiger partial charge in [-0.1, -0.05) is 38.1 Å². The van der Waals surface area contributed by atoms with Crippen LogP contribution in [0.25, 0.3) is 0 Å². The molecule has 1 atom stereocenters. The molecular weight excluding hydrogens is 512 g/mol. The molecule has 0 spiro atoms. The number of hydrogen-bond donors (Lipinski definition) is 2. The van der Waals surface area contributed by atoms with Crippen molar-refractivity contribution >= 4 is 34.7 Å². The topological polar surface area (TPSA) is 94.1 Å². The van der Waals surface area contributed by atoms with Gasteiger partial charge in [-0.3, -0.25) is 10.4 Å². The normalized spacial score (nSPS) is 17.1. The molecule has 2 heterocycles. The maximum atomic E-state index is 11.8. The molecule has 0 radical (unpaired) electrons. The molecule has 1 aliphatic rings. The average molecular weight is 547 g/mol. The highest BCUT2D eigenvalue weighted by atomic mass is 32.1. The van der Waals surface area contributed by atoms with Crippen LogP contribution in [0.15, 0.2) is 66.0 Å². The van der Waals surface area contributed by atoms with Crippen LogP contribution < -0.4 is 20.2 Å². The number of para-hydroxylation sites is 1. The van der Waals surface area contributed by atoms with E-state index in [0.717, 1.165) is 35.4 Å². The zero-order valence-electron chi connectivity index (χ0n) is 22.7. The van der Waals surface area contributed by atoms with Crippen LogP contribution in [0, 0.1) is 0 Å². The van der Waals surface area contributed by atoms with E-state index in [1.807, 2.05) is 31.2 Å². The van der Waals surface area contributed by atoms with Gasteiger partial charge in [-0.25, -0.2) is 4.79 Å². The fraction of sp³-hybridized carbons (Fsp3) is 0.333. The molecule has 0 aliphatic carbocycles. The Labute approximate surface area is 234 Å². The molecular formula is C30H34N4O4S. The Bertz CT molecular complexity index is 1340. The van der Waals surface area contributed by atoms with Crippen LogP contribution in [0.2, 0.25) is 0 Å². The van der Waals surface area contributed by atoms with Gasteiger partial charge in [0.15, 0.2) is 11.7 Å². The predicted octanol–water partition coefficient (Wildman–Crippen LogP) is 5.54.